The summed E-state index contributed by atoms with van der Waals surface area (Å²) in [6.07, 6.45) is 5.36. The standard InChI is InChI=1S/C22H21N2/c1-18(16-19-10-4-2-5-11-19)24-21(20-12-6-3-7-13-20)17-23-15-9-8-14-22(23)24/h2-15,17-18H,16H2,1H3/q+1/t18-/m1/s1. The Kier molecular flexibility index (Phi) is 3.87. The first kappa shape index (κ1) is 14.7. The predicted molar refractivity (Wildman–Crippen MR) is 97.9 cm³/mol. The van der Waals surface area contributed by atoms with Crippen LogP contribution in [0.2, 0.25) is 0 Å². The van der Waals surface area contributed by atoms with E-state index in [1.54, 1.807) is 0 Å². The molecule has 0 aliphatic carbocycles. The molecule has 0 saturated heterocycles. The number of hydrogen-bond acceptors (Lipinski definition) is 0. The maximum Gasteiger partial charge on any atom is 0.286 e. The van der Waals surface area contributed by atoms with Gasteiger partial charge in [0.15, 0.2) is 5.69 Å². The van der Waals surface area contributed by atoms with Crippen molar-refractivity contribution in [3.8, 4) is 11.3 Å². The SMILES string of the molecule is C[C@H](Cc1ccccc1)n1c(-c2ccccc2)c[n+]2ccccc12. The van der Waals surface area contributed by atoms with Gasteiger partial charge in [0.2, 0.25) is 0 Å². The molecule has 0 radical (unpaired) electrons. The molecule has 2 aromatic heterocycles. The molecule has 0 amide bonds. The molecule has 2 heteroatoms. The first-order valence-corrected chi connectivity index (χ1v) is 8.43. The summed E-state index contributed by atoms with van der Waals surface area (Å²) in [4.78, 5) is 0. The number of rotatable bonds is 4. The summed E-state index contributed by atoms with van der Waals surface area (Å²) in [5, 5.41) is 0. The Morgan fingerprint density at radius 2 is 1.50 bits per heavy atom. The molecular weight excluding hydrogens is 292 g/mol. The van der Waals surface area contributed by atoms with Crippen molar-refractivity contribution in [2.45, 2.75) is 19.4 Å². The van der Waals surface area contributed by atoms with Crippen molar-refractivity contribution in [3.05, 3.63) is 96.8 Å². The van der Waals surface area contributed by atoms with Gasteiger partial charge in [-0.2, -0.15) is 0 Å². The normalized spacial score (nSPS) is 12.4. The monoisotopic (exact) mass is 313 g/mol. The highest BCUT2D eigenvalue weighted by Gasteiger charge is 2.23. The Morgan fingerprint density at radius 1 is 0.833 bits per heavy atom. The summed E-state index contributed by atoms with van der Waals surface area (Å²) in [6.45, 7) is 2.30. The van der Waals surface area contributed by atoms with Crippen LogP contribution in [0.3, 0.4) is 0 Å². The minimum atomic E-state index is 0.370. The summed E-state index contributed by atoms with van der Waals surface area (Å²) in [5.74, 6) is 0. The number of hydrogen-bond donors (Lipinski definition) is 0. The Balaban J connectivity index is 1.83. The predicted octanol–water partition coefficient (Wildman–Crippen LogP) is 4.70. The lowest BCUT2D eigenvalue weighted by Crippen LogP contribution is -2.19. The van der Waals surface area contributed by atoms with Crippen LogP contribution in [0.15, 0.2) is 91.3 Å². The summed E-state index contributed by atoms with van der Waals surface area (Å²) in [6, 6.07) is 28.1. The number of fused-ring (bicyclic) bond motifs is 1. The van der Waals surface area contributed by atoms with Crippen LogP contribution in [-0.4, -0.2) is 4.57 Å². The fraction of sp³-hybridized carbons (Fsp3) is 0.136. The van der Waals surface area contributed by atoms with Crippen molar-refractivity contribution in [1.29, 1.82) is 0 Å². The fourth-order valence-corrected chi connectivity index (χ4v) is 3.41. The third kappa shape index (κ3) is 2.71. The molecule has 0 aliphatic heterocycles. The molecule has 1 atom stereocenters. The van der Waals surface area contributed by atoms with Gasteiger partial charge in [0, 0.05) is 18.1 Å². The minimum absolute atomic E-state index is 0.370. The highest BCUT2D eigenvalue weighted by atomic mass is 15.1. The molecule has 0 fully saturated rings. The van der Waals surface area contributed by atoms with E-state index in [1.807, 2.05) is 0 Å². The van der Waals surface area contributed by atoms with E-state index in [2.05, 4.69) is 107 Å². The zero-order chi connectivity index (χ0) is 16.4. The molecule has 2 heterocycles. The average Bonchev–Trinajstić information content (AvgIpc) is 3.03. The second-order valence-electron chi connectivity index (χ2n) is 6.26. The van der Waals surface area contributed by atoms with Crippen molar-refractivity contribution in [3.63, 3.8) is 0 Å². The van der Waals surface area contributed by atoms with E-state index in [9.17, 15) is 0 Å². The largest absolute Gasteiger partial charge is 0.286 e. The van der Waals surface area contributed by atoms with Gasteiger partial charge in [-0.3, -0.25) is 0 Å². The second kappa shape index (κ2) is 6.32. The molecule has 0 saturated carbocycles. The van der Waals surface area contributed by atoms with Crippen LogP contribution in [0.5, 0.6) is 0 Å². The molecule has 0 spiro atoms. The molecule has 2 nitrogen and oxygen atoms in total. The molecule has 24 heavy (non-hydrogen) atoms. The van der Waals surface area contributed by atoms with Crippen LogP contribution in [0.4, 0.5) is 0 Å². The van der Waals surface area contributed by atoms with Crippen LogP contribution in [-0.2, 0) is 6.42 Å². The maximum absolute atomic E-state index is 2.45. The minimum Gasteiger partial charge on any atom is -0.220 e. The van der Waals surface area contributed by atoms with E-state index in [1.165, 1.54) is 22.5 Å². The van der Waals surface area contributed by atoms with E-state index >= 15 is 0 Å². The lowest BCUT2D eigenvalue weighted by molar-refractivity contribution is -0.510. The van der Waals surface area contributed by atoms with Gasteiger partial charge < -0.3 is 0 Å². The van der Waals surface area contributed by atoms with Crippen LogP contribution >= 0.6 is 0 Å². The number of pyridine rings is 1. The third-order valence-corrected chi connectivity index (χ3v) is 4.52. The van der Waals surface area contributed by atoms with Crippen molar-refractivity contribution < 1.29 is 4.40 Å². The van der Waals surface area contributed by atoms with Gasteiger partial charge in [0.25, 0.3) is 5.65 Å². The van der Waals surface area contributed by atoms with Crippen LogP contribution < -0.4 is 4.40 Å². The number of benzene rings is 2. The van der Waals surface area contributed by atoms with Crippen molar-refractivity contribution >= 4 is 5.65 Å². The zero-order valence-corrected chi connectivity index (χ0v) is 13.8. The van der Waals surface area contributed by atoms with Crippen molar-refractivity contribution in [2.24, 2.45) is 0 Å². The number of aromatic nitrogens is 2. The molecule has 2 aromatic carbocycles. The van der Waals surface area contributed by atoms with E-state index in [4.69, 9.17) is 0 Å². The first-order valence-electron chi connectivity index (χ1n) is 8.43. The van der Waals surface area contributed by atoms with Gasteiger partial charge in [0.05, 0.1) is 6.20 Å². The Morgan fingerprint density at radius 3 is 2.25 bits per heavy atom. The summed E-state index contributed by atoms with van der Waals surface area (Å²) in [5.41, 5.74) is 5.10. The topological polar surface area (TPSA) is 9.03 Å². The third-order valence-electron chi connectivity index (χ3n) is 4.52. The number of nitrogens with zero attached hydrogens (tertiary/aromatic N) is 2. The molecule has 4 aromatic rings. The van der Waals surface area contributed by atoms with E-state index < -0.39 is 0 Å². The van der Waals surface area contributed by atoms with Gasteiger partial charge in [0.1, 0.15) is 12.2 Å². The maximum atomic E-state index is 2.45. The molecule has 0 aliphatic rings. The summed E-state index contributed by atoms with van der Waals surface area (Å²) in [7, 11) is 0. The van der Waals surface area contributed by atoms with Crippen LogP contribution in [0.25, 0.3) is 16.9 Å². The smallest absolute Gasteiger partial charge is 0.220 e. The second-order valence-corrected chi connectivity index (χ2v) is 6.26. The zero-order valence-electron chi connectivity index (χ0n) is 13.8. The lowest BCUT2D eigenvalue weighted by Gasteiger charge is -2.12. The molecule has 4 rings (SSSR count). The molecule has 0 N–H and O–H groups in total. The van der Waals surface area contributed by atoms with E-state index in [-0.39, 0.29) is 0 Å². The van der Waals surface area contributed by atoms with Gasteiger partial charge in [-0.15, -0.1) is 0 Å². The molecular formula is C22H21N2+. The average molecular weight is 313 g/mol. The Hall–Kier alpha value is -2.87. The van der Waals surface area contributed by atoms with Crippen molar-refractivity contribution in [1.82, 2.24) is 4.57 Å². The summed E-state index contributed by atoms with van der Waals surface area (Å²) >= 11 is 0. The molecule has 118 valence electrons. The van der Waals surface area contributed by atoms with Crippen LogP contribution in [0.1, 0.15) is 18.5 Å². The van der Waals surface area contributed by atoms with Crippen molar-refractivity contribution in [2.75, 3.05) is 0 Å². The lowest BCUT2D eigenvalue weighted by atomic mass is 10.1. The molecule has 0 bridgehead atoms. The fourth-order valence-electron chi connectivity index (χ4n) is 3.41. The van der Waals surface area contributed by atoms with Crippen LogP contribution in [0, 0.1) is 0 Å². The van der Waals surface area contributed by atoms with E-state index in [0.29, 0.717) is 6.04 Å². The van der Waals surface area contributed by atoms with Gasteiger partial charge in [-0.25, -0.2) is 8.97 Å². The first-order chi connectivity index (χ1) is 11.8. The molecule has 0 unspecified atom stereocenters. The van der Waals surface area contributed by atoms with Gasteiger partial charge in [-0.1, -0.05) is 66.7 Å². The Labute approximate surface area is 142 Å². The Bertz CT molecular complexity index is 940. The van der Waals surface area contributed by atoms with Gasteiger partial charge in [-0.05, 0) is 18.6 Å². The van der Waals surface area contributed by atoms with Gasteiger partial charge >= 0.3 is 0 Å². The highest BCUT2D eigenvalue weighted by Crippen LogP contribution is 2.26. The quantitative estimate of drug-likeness (QED) is 0.483. The number of imidazole rings is 1. The summed E-state index contributed by atoms with van der Waals surface area (Å²) < 4.78 is 4.66. The van der Waals surface area contributed by atoms with E-state index in [0.717, 1.165) is 6.42 Å². The highest BCUT2D eigenvalue weighted by molar-refractivity contribution is 5.61.